The van der Waals surface area contributed by atoms with E-state index in [1.54, 1.807) is 18.5 Å². The largest absolute Gasteiger partial charge is 0.457 e. The second-order valence-corrected chi connectivity index (χ2v) is 3.62. The quantitative estimate of drug-likeness (QED) is 0.891. The van der Waals surface area contributed by atoms with Crippen LogP contribution in [0.25, 0.3) is 0 Å². The fraction of sp³-hybridized carbons (Fsp3) is 0.111. The summed E-state index contributed by atoms with van der Waals surface area (Å²) in [7, 11) is 0. The summed E-state index contributed by atoms with van der Waals surface area (Å²) in [6.45, 7) is 0.437. The van der Waals surface area contributed by atoms with Crippen LogP contribution in [0.1, 0.15) is 15.9 Å². The minimum absolute atomic E-state index is 0.183. The normalized spacial score (nSPS) is 10.2. The molecule has 0 saturated carbocycles. The lowest BCUT2D eigenvalue weighted by Gasteiger charge is -2.00. The molecule has 2 aromatic rings. The molecular weight excluding hydrogens is 262 g/mol. The number of aromatic nitrogens is 2. The number of hydrogen-bond donors (Lipinski definition) is 2. The van der Waals surface area contributed by atoms with Gasteiger partial charge in [-0.2, -0.15) is 5.10 Å². The molecule has 0 aliphatic rings. The number of carbonyl (C=O) groups excluding carboxylic acids is 1. The van der Waals surface area contributed by atoms with Crippen LogP contribution in [0, 0.1) is 0 Å². The van der Waals surface area contributed by atoms with E-state index in [2.05, 4.69) is 31.4 Å². The van der Waals surface area contributed by atoms with Gasteiger partial charge in [0.1, 0.15) is 0 Å². The lowest BCUT2D eigenvalue weighted by Crippen LogP contribution is -2.22. The molecule has 0 bridgehead atoms. The third-order valence-electron chi connectivity index (χ3n) is 1.87. The third-order valence-corrected chi connectivity index (χ3v) is 2.48. The van der Waals surface area contributed by atoms with Crippen LogP contribution in [0.5, 0.6) is 0 Å². The molecule has 0 atom stereocenters. The molecule has 0 radical (unpaired) electrons. The molecule has 2 heterocycles. The first-order valence-electron chi connectivity index (χ1n) is 4.26. The van der Waals surface area contributed by atoms with Crippen molar-refractivity contribution in [3.05, 3.63) is 40.5 Å². The lowest BCUT2D eigenvalue weighted by molar-refractivity contribution is 0.0949. The summed E-state index contributed by atoms with van der Waals surface area (Å²) < 4.78 is 5.40. The van der Waals surface area contributed by atoms with Crippen LogP contribution in [0.3, 0.4) is 0 Å². The Morgan fingerprint density at radius 3 is 3.13 bits per heavy atom. The standard InChI is InChI=1S/C9H8BrN3O2/c10-8-7(1-2-15-8)9(14)11-3-6-4-12-13-5-6/h1-2,4-5H,3H2,(H,11,14)(H,12,13). The summed E-state index contributed by atoms with van der Waals surface area (Å²) in [6.07, 6.45) is 4.84. The number of rotatable bonds is 3. The van der Waals surface area contributed by atoms with Gasteiger partial charge in [-0.25, -0.2) is 0 Å². The number of nitrogens with one attached hydrogen (secondary N) is 2. The molecule has 0 aromatic carbocycles. The highest BCUT2D eigenvalue weighted by molar-refractivity contribution is 9.10. The van der Waals surface area contributed by atoms with Crippen molar-refractivity contribution >= 4 is 21.8 Å². The van der Waals surface area contributed by atoms with Gasteiger partial charge in [0.25, 0.3) is 5.91 Å². The number of carbonyl (C=O) groups is 1. The molecule has 2 rings (SSSR count). The third kappa shape index (κ3) is 2.27. The summed E-state index contributed by atoms with van der Waals surface area (Å²) in [6, 6.07) is 1.61. The number of halogens is 1. The van der Waals surface area contributed by atoms with Crippen LogP contribution in [0.15, 0.2) is 33.8 Å². The summed E-state index contributed by atoms with van der Waals surface area (Å²) >= 11 is 3.14. The zero-order valence-corrected chi connectivity index (χ0v) is 9.24. The van der Waals surface area contributed by atoms with E-state index in [9.17, 15) is 4.79 Å². The van der Waals surface area contributed by atoms with Crippen molar-refractivity contribution in [1.29, 1.82) is 0 Å². The van der Waals surface area contributed by atoms with Crippen LogP contribution >= 0.6 is 15.9 Å². The molecular formula is C9H8BrN3O2. The molecule has 6 heteroatoms. The Hall–Kier alpha value is -1.56. The summed E-state index contributed by atoms with van der Waals surface area (Å²) in [5, 5.41) is 9.19. The van der Waals surface area contributed by atoms with Gasteiger partial charge in [0.15, 0.2) is 4.67 Å². The Balaban J connectivity index is 1.96. The van der Waals surface area contributed by atoms with E-state index in [1.165, 1.54) is 6.26 Å². The van der Waals surface area contributed by atoms with Crippen LogP contribution in [-0.4, -0.2) is 16.1 Å². The molecule has 78 valence electrons. The number of furan rings is 1. The van der Waals surface area contributed by atoms with E-state index in [1.807, 2.05) is 0 Å². The molecule has 0 unspecified atom stereocenters. The van der Waals surface area contributed by atoms with Crippen LogP contribution in [0.2, 0.25) is 0 Å². The molecule has 15 heavy (non-hydrogen) atoms. The topological polar surface area (TPSA) is 70.9 Å². The van der Waals surface area contributed by atoms with Crippen molar-refractivity contribution in [3.63, 3.8) is 0 Å². The van der Waals surface area contributed by atoms with E-state index in [0.29, 0.717) is 16.8 Å². The molecule has 0 aliphatic carbocycles. The zero-order valence-electron chi connectivity index (χ0n) is 7.66. The van der Waals surface area contributed by atoms with Crippen LogP contribution in [0.4, 0.5) is 0 Å². The number of aromatic amines is 1. The van der Waals surface area contributed by atoms with Crippen LogP contribution < -0.4 is 5.32 Å². The summed E-state index contributed by atoms with van der Waals surface area (Å²) in [5.74, 6) is -0.183. The lowest BCUT2D eigenvalue weighted by atomic mass is 10.3. The summed E-state index contributed by atoms with van der Waals surface area (Å²) in [5.41, 5.74) is 1.40. The molecule has 1 amide bonds. The molecule has 5 nitrogen and oxygen atoms in total. The first-order chi connectivity index (χ1) is 7.27. The fourth-order valence-electron chi connectivity index (χ4n) is 1.11. The second kappa shape index (κ2) is 4.31. The highest BCUT2D eigenvalue weighted by atomic mass is 79.9. The number of amides is 1. The van der Waals surface area contributed by atoms with Crippen molar-refractivity contribution < 1.29 is 9.21 Å². The summed E-state index contributed by atoms with van der Waals surface area (Å²) in [4.78, 5) is 11.6. The van der Waals surface area contributed by atoms with E-state index in [0.717, 1.165) is 5.56 Å². The van der Waals surface area contributed by atoms with Gasteiger partial charge in [-0.3, -0.25) is 9.89 Å². The average Bonchev–Trinajstić information content (AvgIpc) is 2.84. The first-order valence-corrected chi connectivity index (χ1v) is 5.05. The van der Waals surface area contributed by atoms with Crippen molar-refractivity contribution in [2.24, 2.45) is 0 Å². The van der Waals surface area contributed by atoms with E-state index in [-0.39, 0.29) is 5.91 Å². The molecule has 0 saturated heterocycles. The fourth-order valence-corrected chi connectivity index (χ4v) is 1.53. The Morgan fingerprint density at radius 1 is 1.67 bits per heavy atom. The van der Waals surface area contributed by atoms with Gasteiger partial charge in [-0.05, 0) is 22.0 Å². The SMILES string of the molecule is O=C(NCc1cn[nH]c1)c1ccoc1Br. The second-order valence-electron chi connectivity index (χ2n) is 2.90. The highest BCUT2D eigenvalue weighted by Crippen LogP contribution is 2.17. The Bertz CT molecular complexity index is 450. The van der Waals surface area contributed by atoms with Crippen molar-refractivity contribution in [1.82, 2.24) is 15.5 Å². The monoisotopic (exact) mass is 269 g/mol. The first kappa shape index (κ1) is 9.97. The number of H-pyrrole nitrogens is 1. The van der Waals surface area contributed by atoms with Gasteiger partial charge in [-0.1, -0.05) is 0 Å². The van der Waals surface area contributed by atoms with E-state index in [4.69, 9.17) is 4.42 Å². The smallest absolute Gasteiger partial charge is 0.256 e. The van der Waals surface area contributed by atoms with Gasteiger partial charge < -0.3 is 9.73 Å². The highest BCUT2D eigenvalue weighted by Gasteiger charge is 2.11. The van der Waals surface area contributed by atoms with E-state index >= 15 is 0 Å². The van der Waals surface area contributed by atoms with Crippen molar-refractivity contribution in [3.8, 4) is 0 Å². The Morgan fingerprint density at radius 2 is 2.53 bits per heavy atom. The Labute approximate surface area is 94.0 Å². The maximum atomic E-state index is 11.6. The van der Waals surface area contributed by atoms with Gasteiger partial charge >= 0.3 is 0 Å². The predicted molar refractivity (Wildman–Crippen MR) is 56.2 cm³/mol. The molecule has 2 aromatic heterocycles. The zero-order chi connectivity index (χ0) is 10.7. The minimum Gasteiger partial charge on any atom is -0.457 e. The molecule has 2 N–H and O–H groups in total. The maximum absolute atomic E-state index is 11.6. The minimum atomic E-state index is -0.183. The van der Waals surface area contributed by atoms with E-state index < -0.39 is 0 Å². The maximum Gasteiger partial charge on any atom is 0.256 e. The molecule has 0 aliphatic heterocycles. The predicted octanol–water partition coefficient (Wildman–Crippen LogP) is 1.70. The van der Waals surface area contributed by atoms with Gasteiger partial charge in [-0.15, -0.1) is 0 Å². The number of hydrogen-bond acceptors (Lipinski definition) is 3. The van der Waals surface area contributed by atoms with Gasteiger partial charge in [0.05, 0.1) is 18.0 Å². The molecule has 0 spiro atoms. The Kier molecular flexibility index (Phi) is 2.86. The van der Waals surface area contributed by atoms with Crippen molar-refractivity contribution in [2.75, 3.05) is 0 Å². The van der Waals surface area contributed by atoms with Gasteiger partial charge in [0, 0.05) is 18.3 Å². The van der Waals surface area contributed by atoms with Crippen LogP contribution in [-0.2, 0) is 6.54 Å². The average molecular weight is 270 g/mol. The van der Waals surface area contributed by atoms with Crippen molar-refractivity contribution in [2.45, 2.75) is 6.54 Å². The molecule has 0 fully saturated rings. The number of nitrogens with zero attached hydrogens (tertiary/aromatic N) is 1. The van der Waals surface area contributed by atoms with Gasteiger partial charge in [0.2, 0.25) is 0 Å².